The van der Waals surface area contributed by atoms with Crippen LogP contribution in [-0.2, 0) is 20.9 Å². The molecule has 0 aliphatic heterocycles. The van der Waals surface area contributed by atoms with Gasteiger partial charge in [0, 0.05) is 25.6 Å². The molecule has 1 rings (SSSR count). The molecule has 0 aromatic heterocycles. The number of hydrogen-bond acceptors (Lipinski definition) is 4. The lowest BCUT2D eigenvalue weighted by Gasteiger charge is -2.20. The van der Waals surface area contributed by atoms with E-state index >= 15 is 0 Å². The second-order valence-electron chi connectivity index (χ2n) is 5.16. The minimum atomic E-state index is -0.166. The molecule has 0 bridgehead atoms. The summed E-state index contributed by atoms with van der Waals surface area (Å²) in [5.74, 6) is -0.166. The van der Waals surface area contributed by atoms with Gasteiger partial charge in [0.2, 0.25) is 0 Å². The average molecular weight is 279 g/mol. The lowest BCUT2D eigenvalue weighted by Crippen LogP contribution is -2.38. The van der Waals surface area contributed by atoms with E-state index in [2.05, 4.69) is 19.2 Å². The van der Waals surface area contributed by atoms with Crippen LogP contribution in [0.4, 0.5) is 0 Å². The van der Waals surface area contributed by atoms with Crippen molar-refractivity contribution in [3.8, 4) is 0 Å². The largest absolute Gasteiger partial charge is 0.461 e. The van der Waals surface area contributed by atoms with Crippen molar-refractivity contribution in [2.24, 2.45) is 0 Å². The van der Waals surface area contributed by atoms with Crippen LogP contribution in [0.3, 0.4) is 0 Å². The van der Waals surface area contributed by atoms with Gasteiger partial charge in [-0.2, -0.15) is 0 Å². The fourth-order valence-electron chi connectivity index (χ4n) is 1.99. The van der Waals surface area contributed by atoms with Crippen LogP contribution in [-0.4, -0.2) is 31.8 Å². The van der Waals surface area contributed by atoms with E-state index in [-0.39, 0.29) is 12.0 Å². The van der Waals surface area contributed by atoms with Gasteiger partial charge in [0.15, 0.2) is 0 Å². The molecule has 0 radical (unpaired) electrons. The summed E-state index contributed by atoms with van der Waals surface area (Å²) in [6.45, 7) is 5.10. The molecule has 20 heavy (non-hydrogen) atoms. The minimum absolute atomic E-state index is 0.166. The monoisotopic (exact) mass is 279 g/mol. The third-order valence-electron chi connectivity index (χ3n) is 2.88. The van der Waals surface area contributed by atoms with Gasteiger partial charge in [0.1, 0.15) is 6.61 Å². The van der Waals surface area contributed by atoms with Crippen molar-refractivity contribution < 1.29 is 14.3 Å². The van der Waals surface area contributed by atoms with E-state index in [1.165, 1.54) is 0 Å². The Balaban J connectivity index is 2.27. The van der Waals surface area contributed by atoms with Gasteiger partial charge in [-0.25, -0.2) is 0 Å². The summed E-state index contributed by atoms with van der Waals surface area (Å²) in [6.07, 6.45) is 1.13. The molecule has 4 nitrogen and oxygen atoms in total. The number of benzene rings is 1. The summed E-state index contributed by atoms with van der Waals surface area (Å²) in [6, 6.07) is 10.3. The predicted octanol–water partition coefficient (Wildman–Crippen LogP) is 2.52. The number of nitrogens with one attached hydrogen (secondary N) is 1. The molecule has 1 aromatic carbocycles. The van der Waals surface area contributed by atoms with Crippen molar-refractivity contribution in [1.29, 1.82) is 0 Å². The molecule has 0 heterocycles. The molecule has 4 heteroatoms. The Morgan fingerprint density at radius 1 is 1.25 bits per heavy atom. The maximum atomic E-state index is 11.7. The van der Waals surface area contributed by atoms with E-state index in [4.69, 9.17) is 9.47 Å². The fourth-order valence-corrected chi connectivity index (χ4v) is 1.99. The summed E-state index contributed by atoms with van der Waals surface area (Å²) >= 11 is 0. The normalized spacial score (nSPS) is 12.4. The number of hydrogen-bond donors (Lipinski definition) is 1. The Hall–Kier alpha value is -1.39. The molecule has 0 aliphatic carbocycles. The maximum Gasteiger partial charge on any atom is 0.306 e. The number of methoxy groups -OCH3 is 1. The van der Waals surface area contributed by atoms with E-state index < -0.39 is 0 Å². The van der Waals surface area contributed by atoms with E-state index in [0.717, 1.165) is 12.0 Å². The molecule has 0 spiro atoms. The molecular weight excluding hydrogens is 254 g/mol. The van der Waals surface area contributed by atoms with Crippen LogP contribution >= 0.6 is 0 Å². The number of carbonyl (C=O) groups is 1. The van der Waals surface area contributed by atoms with Crippen LogP contribution in [0.1, 0.15) is 32.3 Å². The van der Waals surface area contributed by atoms with Crippen molar-refractivity contribution >= 4 is 5.97 Å². The van der Waals surface area contributed by atoms with Crippen molar-refractivity contribution in [2.45, 2.75) is 45.4 Å². The maximum absolute atomic E-state index is 11.7. The quantitative estimate of drug-likeness (QED) is 0.706. The van der Waals surface area contributed by atoms with Crippen molar-refractivity contribution in [2.75, 3.05) is 13.7 Å². The summed E-state index contributed by atoms with van der Waals surface area (Å²) in [5, 5.41) is 3.38. The van der Waals surface area contributed by atoms with Gasteiger partial charge in [-0.3, -0.25) is 4.79 Å². The van der Waals surface area contributed by atoms with Crippen LogP contribution in [0.25, 0.3) is 0 Å². The predicted molar refractivity (Wildman–Crippen MR) is 79.4 cm³/mol. The molecule has 0 saturated heterocycles. The molecule has 112 valence electrons. The summed E-state index contributed by atoms with van der Waals surface area (Å²) in [5.41, 5.74) is 1.01. The van der Waals surface area contributed by atoms with E-state index in [1.54, 1.807) is 7.11 Å². The second-order valence-corrected chi connectivity index (χ2v) is 5.16. The summed E-state index contributed by atoms with van der Waals surface area (Å²) in [7, 11) is 1.67. The Morgan fingerprint density at radius 2 is 1.95 bits per heavy atom. The molecule has 0 aliphatic rings. The summed E-state index contributed by atoms with van der Waals surface area (Å²) in [4.78, 5) is 11.7. The molecule has 1 N–H and O–H groups in total. The lowest BCUT2D eigenvalue weighted by molar-refractivity contribution is -0.145. The van der Waals surface area contributed by atoms with Crippen LogP contribution < -0.4 is 5.32 Å². The number of rotatable bonds is 9. The Morgan fingerprint density at radius 3 is 2.55 bits per heavy atom. The fraction of sp³-hybridized carbons (Fsp3) is 0.562. The standard InChI is InChI=1S/C16H25NO3/c1-13(2)17-15(12-19-3)9-10-16(18)20-11-14-7-5-4-6-8-14/h4-8,13,15,17H,9-12H2,1-3H3/t15-/m0/s1. The van der Waals surface area contributed by atoms with Gasteiger partial charge in [0.05, 0.1) is 6.61 Å². The third kappa shape index (κ3) is 7.26. The lowest BCUT2D eigenvalue weighted by atomic mass is 10.1. The SMILES string of the molecule is COC[C@H](CCC(=O)OCc1ccccc1)NC(C)C. The van der Waals surface area contributed by atoms with Gasteiger partial charge >= 0.3 is 5.97 Å². The third-order valence-corrected chi connectivity index (χ3v) is 2.88. The zero-order valence-corrected chi connectivity index (χ0v) is 12.6. The van der Waals surface area contributed by atoms with Gasteiger partial charge in [-0.15, -0.1) is 0 Å². The second kappa shape index (κ2) is 9.50. The Kier molecular flexibility index (Phi) is 7.92. The van der Waals surface area contributed by atoms with E-state index in [1.807, 2.05) is 30.3 Å². The smallest absolute Gasteiger partial charge is 0.306 e. The first-order valence-electron chi connectivity index (χ1n) is 7.06. The average Bonchev–Trinajstić information content (AvgIpc) is 2.43. The highest BCUT2D eigenvalue weighted by Crippen LogP contribution is 2.05. The molecule has 1 atom stereocenters. The number of ether oxygens (including phenoxy) is 2. The topological polar surface area (TPSA) is 47.6 Å². The van der Waals surface area contributed by atoms with Gasteiger partial charge in [-0.05, 0) is 12.0 Å². The Bertz CT molecular complexity index is 379. The minimum Gasteiger partial charge on any atom is -0.461 e. The highest BCUT2D eigenvalue weighted by atomic mass is 16.5. The Labute approximate surface area is 121 Å². The van der Waals surface area contributed by atoms with Crippen LogP contribution in [0, 0.1) is 0 Å². The van der Waals surface area contributed by atoms with E-state index in [9.17, 15) is 4.79 Å². The number of carbonyl (C=O) groups excluding carboxylic acids is 1. The van der Waals surface area contributed by atoms with Crippen LogP contribution in [0.15, 0.2) is 30.3 Å². The molecule has 0 amide bonds. The molecule has 0 unspecified atom stereocenters. The first-order valence-corrected chi connectivity index (χ1v) is 7.06. The first kappa shape index (κ1) is 16.7. The molecule has 1 aromatic rings. The first-order chi connectivity index (χ1) is 9.61. The van der Waals surface area contributed by atoms with Crippen molar-refractivity contribution in [3.05, 3.63) is 35.9 Å². The van der Waals surface area contributed by atoms with Crippen LogP contribution in [0.2, 0.25) is 0 Å². The number of esters is 1. The zero-order chi connectivity index (χ0) is 14.8. The highest BCUT2D eigenvalue weighted by molar-refractivity contribution is 5.69. The van der Waals surface area contributed by atoms with Gasteiger partial charge < -0.3 is 14.8 Å². The molecule has 0 saturated carbocycles. The zero-order valence-electron chi connectivity index (χ0n) is 12.6. The van der Waals surface area contributed by atoms with Gasteiger partial charge in [-0.1, -0.05) is 44.2 Å². The molecule has 0 fully saturated rings. The van der Waals surface area contributed by atoms with Crippen molar-refractivity contribution in [1.82, 2.24) is 5.32 Å². The van der Waals surface area contributed by atoms with E-state index in [0.29, 0.717) is 25.7 Å². The molecular formula is C16H25NO3. The summed E-state index contributed by atoms with van der Waals surface area (Å²) < 4.78 is 10.4. The van der Waals surface area contributed by atoms with Crippen LogP contribution in [0.5, 0.6) is 0 Å². The van der Waals surface area contributed by atoms with Crippen molar-refractivity contribution in [3.63, 3.8) is 0 Å². The highest BCUT2D eigenvalue weighted by Gasteiger charge is 2.12. The van der Waals surface area contributed by atoms with Gasteiger partial charge in [0.25, 0.3) is 0 Å².